The van der Waals surface area contributed by atoms with Crippen molar-refractivity contribution in [2.45, 2.75) is 155 Å². The lowest BCUT2D eigenvalue weighted by molar-refractivity contribution is 0.0130. The van der Waals surface area contributed by atoms with Crippen LogP contribution < -0.4 is 23.8 Å². The lowest BCUT2D eigenvalue weighted by Gasteiger charge is -2.34. The molecule has 3 aliphatic heterocycles. The second-order valence-corrected chi connectivity index (χ2v) is 28.9. The van der Waals surface area contributed by atoms with Crippen molar-refractivity contribution in [3.8, 4) is 34.0 Å². The molecule has 86 heavy (non-hydrogen) atoms. The number of ether oxygens (including phenoxy) is 3. The molecule has 25 heteroatoms. The van der Waals surface area contributed by atoms with Crippen LogP contribution in [-0.4, -0.2) is 112 Å². The molecule has 0 spiro atoms. The maximum Gasteiger partial charge on any atom is 0.410 e. The monoisotopic (exact) mass is 1250 g/mol. The van der Waals surface area contributed by atoms with Gasteiger partial charge in [0.05, 0.1) is 35.7 Å². The predicted molar refractivity (Wildman–Crippen MR) is 322 cm³/mol. The van der Waals surface area contributed by atoms with Crippen LogP contribution in [0, 0.1) is 35.3 Å². The third-order valence-electron chi connectivity index (χ3n) is 14.7. The highest BCUT2D eigenvalue weighted by atomic mass is 35.5. The molecule has 3 amide bonds. The molecular weight excluding hydrogens is 1170 g/mol. The van der Waals surface area contributed by atoms with Crippen molar-refractivity contribution in [2.75, 3.05) is 31.2 Å². The summed E-state index contributed by atoms with van der Waals surface area (Å²) in [6.07, 6.45) is 7.81. The number of anilines is 1. The van der Waals surface area contributed by atoms with Gasteiger partial charge in [-0.15, -0.1) is 0 Å². The first kappa shape index (κ1) is 64.8. The number of halogens is 3. The molecule has 0 saturated carbocycles. The van der Waals surface area contributed by atoms with Crippen LogP contribution in [0.25, 0.3) is 22.5 Å². The van der Waals surface area contributed by atoms with Gasteiger partial charge in [0.15, 0.2) is 10.1 Å². The summed E-state index contributed by atoms with van der Waals surface area (Å²) in [5, 5.41) is 7.54. The van der Waals surface area contributed by atoms with Gasteiger partial charge >= 0.3 is 6.09 Å². The fourth-order valence-corrected chi connectivity index (χ4v) is 12.9. The fraction of sp³-hybridized carbons (Fsp3) is 0.492. The number of carbonyl (C=O) groups is 3. The molecule has 0 unspecified atom stereocenters. The summed E-state index contributed by atoms with van der Waals surface area (Å²) in [5.74, 6) is -0.549. The van der Waals surface area contributed by atoms with E-state index in [2.05, 4.69) is 38.7 Å². The second-order valence-electron chi connectivity index (χ2n) is 25.3. The van der Waals surface area contributed by atoms with E-state index in [0.29, 0.717) is 85.9 Å². The van der Waals surface area contributed by atoms with Gasteiger partial charge < -0.3 is 24.0 Å². The van der Waals surface area contributed by atoms with E-state index in [1.165, 1.54) is 59.4 Å². The Hall–Kier alpha value is -7.18. The first-order valence-corrected chi connectivity index (χ1v) is 32.1. The number of amides is 3. The Labute approximate surface area is 507 Å². The van der Waals surface area contributed by atoms with Gasteiger partial charge in [-0.05, 0) is 171 Å². The highest BCUT2D eigenvalue weighted by molar-refractivity contribution is 7.90. The topological polar surface area (TPSA) is 239 Å². The number of rotatable bonds is 15. The molecule has 20 nitrogen and oxygen atoms in total. The number of carbonyl (C=O) groups excluding carboxylic acids is 3. The molecule has 3 aliphatic rings. The number of hydrogen-bond acceptors (Lipinski definition) is 15. The molecule has 0 aliphatic carbocycles. The highest BCUT2D eigenvalue weighted by Crippen LogP contribution is 2.41. The number of aromatic nitrogens is 6. The Morgan fingerprint density at radius 2 is 1.45 bits per heavy atom. The number of aryl methyl sites for hydroxylation is 2. The summed E-state index contributed by atoms with van der Waals surface area (Å²) in [7, 11) is -8.51. The van der Waals surface area contributed by atoms with E-state index in [-0.39, 0.29) is 67.0 Å². The zero-order valence-corrected chi connectivity index (χ0v) is 52.9. The van der Waals surface area contributed by atoms with Crippen LogP contribution in [0.15, 0.2) is 95.2 Å². The molecule has 9 rings (SSSR count). The van der Waals surface area contributed by atoms with Crippen molar-refractivity contribution in [3.05, 3.63) is 113 Å². The van der Waals surface area contributed by atoms with Crippen molar-refractivity contribution in [3.63, 3.8) is 0 Å². The Morgan fingerprint density at radius 1 is 0.826 bits per heavy atom. The van der Waals surface area contributed by atoms with Crippen molar-refractivity contribution in [1.29, 1.82) is 0 Å². The molecule has 2 saturated heterocycles. The van der Waals surface area contributed by atoms with E-state index in [0.717, 1.165) is 32.1 Å². The van der Waals surface area contributed by atoms with Crippen LogP contribution in [0.1, 0.15) is 135 Å². The van der Waals surface area contributed by atoms with E-state index in [1.807, 2.05) is 67.0 Å². The number of hydrogen-bond donors (Lipinski definition) is 2. The fourth-order valence-electron chi connectivity index (χ4n) is 10.8. The van der Waals surface area contributed by atoms with Gasteiger partial charge in [0.2, 0.25) is 0 Å². The number of benzene rings is 2. The summed E-state index contributed by atoms with van der Waals surface area (Å²) in [6, 6.07) is 17.2. The molecule has 4 aromatic heterocycles. The predicted octanol–water partition coefficient (Wildman–Crippen LogP) is 11.3. The molecule has 2 aromatic carbocycles. The average Bonchev–Trinajstić information content (AvgIpc) is 1.77. The highest BCUT2D eigenvalue weighted by Gasteiger charge is 2.43. The van der Waals surface area contributed by atoms with E-state index in [9.17, 15) is 40.0 Å². The lowest BCUT2D eigenvalue weighted by atomic mass is 9.93. The number of likely N-dealkylation sites (tertiary alicyclic amines) is 1. The van der Waals surface area contributed by atoms with Gasteiger partial charge in [0.25, 0.3) is 31.9 Å². The Kier molecular flexibility index (Phi) is 19.6. The summed E-state index contributed by atoms with van der Waals surface area (Å²) in [6.45, 7) is 24.9. The molecule has 2 atom stereocenters. The average molecular weight is 1250 g/mol. The number of pyridine rings is 2. The van der Waals surface area contributed by atoms with Gasteiger partial charge in [-0.1, -0.05) is 39.3 Å². The minimum absolute atomic E-state index is 0.125. The minimum atomic E-state index is -4.32. The Balaban J connectivity index is 0.000000227. The SMILES string of the molecule is CC(C)COc1cc(F)cc(-c2ccc(C(=O)NS(=O)(=O)c3ccn(CCC[C@@H]4CN(C(=O)OC(C)(C)C)C(C)(C)C4)n3)c(Cl)n2)c1.CC(C)COc1cc(F)cc(-c2ccc3c(n2)N2C[C@@H](CCCn4ccc(n4)S(=O)(=O)NC3=O)CC2(C)C)c1. The lowest BCUT2D eigenvalue weighted by Crippen LogP contribution is -2.45. The van der Waals surface area contributed by atoms with Crippen LogP contribution in [-0.2, 0) is 37.9 Å². The van der Waals surface area contributed by atoms with Crippen molar-refractivity contribution >= 4 is 55.4 Å². The molecule has 0 radical (unpaired) electrons. The standard InChI is InChI=1S/C33H43ClFN5O6S.C28H34FN5O4S/c1-21(2)20-45-25-16-23(15-24(35)17-25)27-11-10-26(29(34)36-27)30(41)38-47(43,44)28-12-14-39(37-28)13-8-9-22-18-33(6,7)40(19-22)31(42)46-32(3,4)5;1-18(2)17-38-22-13-20(12-21(29)14-22)24-8-7-23-26(30-24)34-16-19(15-28(34,3)4)6-5-10-33-11-9-25(31-33)39(36,37)32-27(23)35/h10-12,14-17,21-22H,8-9,13,18-20H2,1-7H3,(H,38,41);7-9,11-14,18-19H,5-6,10,15-17H2,1-4H3,(H,32,35)/t22-;19-/m00/s1. The minimum Gasteiger partial charge on any atom is -0.493 e. The van der Waals surface area contributed by atoms with Crippen LogP contribution in [0.4, 0.5) is 19.4 Å². The molecular formula is C61H77ClF2N10O10S2. The number of fused-ring (bicyclic) bond motifs is 6. The van der Waals surface area contributed by atoms with Gasteiger partial charge in [0, 0.05) is 72.9 Å². The van der Waals surface area contributed by atoms with E-state index < -0.39 is 49.1 Å². The summed E-state index contributed by atoms with van der Waals surface area (Å²) < 4.78 is 105. The van der Waals surface area contributed by atoms with Crippen molar-refractivity contribution in [1.82, 2.24) is 43.9 Å². The molecule has 7 heterocycles. The van der Waals surface area contributed by atoms with Gasteiger partial charge in [-0.25, -0.2) is 33.0 Å². The van der Waals surface area contributed by atoms with Crippen LogP contribution in [0.2, 0.25) is 5.15 Å². The third-order valence-corrected chi connectivity index (χ3v) is 17.5. The zero-order valence-electron chi connectivity index (χ0n) is 50.5. The van der Waals surface area contributed by atoms with E-state index >= 15 is 0 Å². The first-order chi connectivity index (χ1) is 40.2. The number of nitrogens with one attached hydrogen (secondary N) is 2. The van der Waals surface area contributed by atoms with Crippen molar-refractivity contribution in [2.24, 2.45) is 23.7 Å². The van der Waals surface area contributed by atoms with Gasteiger partial charge in [-0.2, -0.15) is 27.0 Å². The second kappa shape index (κ2) is 26.0. The third kappa shape index (κ3) is 16.5. The quantitative estimate of drug-likeness (QED) is 0.0909. The van der Waals surface area contributed by atoms with Crippen LogP contribution >= 0.6 is 11.6 Å². The van der Waals surface area contributed by atoms with Crippen LogP contribution in [0.5, 0.6) is 11.5 Å². The van der Waals surface area contributed by atoms with Crippen molar-refractivity contribution < 1.29 is 54.2 Å². The number of nitrogens with zero attached hydrogens (tertiary/aromatic N) is 8. The first-order valence-electron chi connectivity index (χ1n) is 28.8. The maximum atomic E-state index is 14.6. The van der Waals surface area contributed by atoms with Gasteiger partial charge in [-0.3, -0.25) is 19.0 Å². The summed E-state index contributed by atoms with van der Waals surface area (Å²) in [5.41, 5.74) is 0.326. The maximum absolute atomic E-state index is 14.6. The van der Waals surface area contributed by atoms with E-state index in [4.69, 9.17) is 30.8 Å². The molecule has 464 valence electrons. The molecule has 2 fully saturated rings. The summed E-state index contributed by atoms with van der Waals surface area (Å²) >= 11 is 6.28. The normalized spacial score (nSPS) is 18.2. The smallest absolute Gasteiger partial charge is 0.410 e. The van der Waals surface area contributed by atoms with Gasteiger partial charge in [0.1, 0.15) is 39.7 Å². The molecule has 4 bridgehead atoms. The molecule has 6 aromatic rings. The van der Waals surface area contributed by atoms with E-state index in [1.54, 1.807) is 40.0 Å². The largest absolute Gasteiger partial charge is 0.493 e. The summed E-state index contributed by atoms with van der Waals surface area (Å²) in [4.78, 5) is 52.0. The number of sulfonamides is 2. The molecule has 2 N–H and O–H groups in total. The van der Waals surface area contributed by atoms with Crippen LogP contribution in [0.3, 0.4) is 0 Å². The zero-order chi connectivity index (χ0) is 62.7. The Bertz CT molecular complexity index is 3700. The Morgan fingerprint density at radius 3 is 2.07 bits per heavy atom.